The average molecular weight is 330 g/mol. The van der Waals surface area contributed by atoms with Crippen molar-refractivity contribution in [2.24, 2.45) is 11.3 Å². The molecule has 0 aliphatic rings. The number of halogens is 1. The van der Waals surface area contributed by atoms with E-state index in [9.17, 15) is 10.1 Å². The third kappa shape index (κ3) is 4.49. The minimum atomic E-state index is -0.405. The van der Waals surface area contributed by atoms with Crippen molar-refractivity contribution in [3.05, 3.63) is 33.9 Å². The molecule has 0 aromatic heterocycles. The van der Waals surface area contributed by atoms with Gasteiger partial charge in [-0.05, 0) is 24.0 Å². The van der Waals surface area contributed by atoms with E-state index >= 15 is 0 Å². The van der Waals surface area contributed by atoms with Crippen LogP contribution in [-0.2, 0) is 0 Å². The van der Waals surface area contributed by atoms with Crippen molar-refractivity contribution in [2.75, 3.05) is 11.9 Å². The van der Waals surface area contributed by atoms with Crippen LogP contribution in [-0.4, -0.2) is 16.9 Å². The lowest BCUT2D eigenvalue weighted by atomic mass is 9.83. The summed E-state index contributed by atoms with van der Waals surface area (Å²) in [4.78, 5) is 10.4. The SMILES string of the molecule is Cc1ccc([N+](=O)[O-])cc1OCC(CBr)C(C)(C)C. The molecule has 0 radical (unpaired) electrons. The number of nitro benzene ring substituents is 1. The van der Waals surface area contributed by atoms with Crippen LogP contribution in [0.5, 0.6) is 5.75 Å². The molecule has 1 unspecified atom stereocenters. The van der Waals surface area contributed by atoms with Gasteiger partial charge in [0.15, 0.2) is 0 Å². The lowest BCUT2D eigenvalue weighted by molar-refractivity contribution is -0.385. The second kappa shape index (κ2) is 6.37. The van der Waals surface area contributed by atoms with Crippen molar-refractivity contribution in [2.45, 2.75) is 27.7 Å². The Hall–Kier alpha value is -1.10. The number of hydrogen-bond donors (Lipinski definition) is 0. The Kier molecular flexibility index (Phi) is 5.35. The highest BCUT2D eigenvalue weighted by Crippen LogP contribution is 2.30. The molecule has 0 spiro atoms. The summed E-state index contributed by atoms with van der Waals surface area (Å²) >= 11 is 3.49. The summed E-state index contributed by atoms with van der Waals surface area (Å²) in [5, 5.41) is 11.6. The van der Waals surface area contributed by atoms with E-state index in [1.165, 1.54) is 12.1 Å². The van der Waals surface area contributed by atoms with Crippen molar-refractivity contribution in [3.8, 4) is 5.75 Å². The summed E-state index contributed by atoms with van der Waals surface area (Å²) < 4.78 is 5.77. The monoisotopic (exact) mass is 329 g/mol. The molecule has 5 heteroatoms. The van der Waals surface area contributed by atoms with Gasteiger partial charge in [-0.3, -0.25) is 10.1 Å². The van der Waals surface area contributed by atoms with Crippen molar-refractivity contribution in [1.82, 2.24) is 0 Å². The van der Waals surface area contributed by atoms with E-state index in [0.717, 1.165) is 10.9 Å². The number of nitrogens with zero attached hydrogens (tertiary/aromatic N) is 1. The van der Waals surface area contributed by atoms with Gasteiger partial charge in [0, 0.05) is 17.3 Å². The molecular formula is C14H20BrNO3. The lowest BCUT2D eigenvalue weighted by Crippen LogP contribution is -2.28. The highest BCUT2D eigenvalue weighted by molar-refractivity contribution is 9.09. The van der Waals surface area contributed by atoms with Crippen LogP contribution in [0.15, 0.2) is 18.2 Å². The van der Waals surface area contributed by atoms with Crippen LogP contribution in [0.3, 0.4) is 0 Å². The Labute approximate surface area is 122 Å². The zero-order chi connectivity index (χ0) is 14.6. The maximum Gasteiger partial charge on any atom is 0.273 e. The van der Waals surface area contributed by atoms with Gasteiger partial charge in [0.25, 0.3) is 5.69 Å². The second-order valence-electron chi connectivity index (χ2n) is 5.74. The van der Waals surface area contributed by atoms with E-state index in [2.05, 4.69) is 36.7 Å². The Bertz CT molecular complexity index is 454. The fourth-order valence-electron chi connectivity index (χ4n) is 1.57. The topological polar surface area (TPSA) is 52.4 Å². The first-order valence-corrected chi connectivity index (χ1v) is 7.31. The molecule has 0 aliphatic carbocycles. The number of non-ortho nitro benzene ring substituents is 1. The van der Waals surface area contributed by atoms with Crippen LogP contribution in [0.1, 0.15) is 26.3 Å². The summed E-state index contributed by atoms with van der Waals surface area (Å²) in [6.45, 7) is 8.89. The molecule has 0 amide bonds. The molecule has 4 nitrogen and oxygen atoms in total. The maximum atomic E-state index is 10.8. The van der Waals surface area contributed by atoms with E-state index in [1.807, 2.05) is 6.92 Å². The van der Waals surface area contributed by atoms with Crippen molar-refractivity contribution < 1.29 is 9.66 Å². The number of benzene rings is 1. The quantitative estimate of drug-likeness (QED) is 0.458. The van der Waals surface area contributed by atoms with E-state index in [-0.39, 0.29) is 11.1 Å². The average Bonchev–Trinajstić information content (AvgIpc) is 2.30. The van der Waals surface area contributed by atoms with Gasteiger partial charge in [-0.25, -0.2) is 0 Å². The fourth-order valence-corrected chi connectivity index (χ4v) is 2.73. The Balaban J connectivity index is 2.82. The van der Waals surface area contributed by atoms with Gasteiger partial charge < -0.3 is 4.74 Å². The smallest absolute Gasteiger partial charge is 0.273 e. The highest BCUT2D eigenvalue weighted by atomic mass is 79.9. The maximum absolute atomic E-state index is 10.8. The van der Waals surface area contributed by atoms with Crippen LogP contribution in [0.2, 0.25) is 0 Å². The molecule has 19 heavy (non-hydrogen) atoms. The van der Waals surface area contributed by atoms with Crippen LogP contribution >= 0.6 is 15.9 Å². The van der Waals surface area contributed by atoms with Crippen LogP contribution in [0.4, 0.5) is 5.69 Å². The number of nitro groups is 1. The van der Waals surface area contributed by atoms with E-state index in [0.29, 0.717) is 18.3 Å². The zero-order valence-corrected chi connectivity index (χ0v) is 13.4. The molecule has 1 aromatic carbocycles. The Morgan fingerprint density at radius 2 is 2.05 bits per heavy atom. The number of hydrogen-bond acceptors (Lipinski definition) is 3. The third-order valence-corrected chi connectivity index (χ3v) is 4.02. The third-order valence-electron chi connectivity index (χ3n) is 3.23. The summed E-state index contributed by atoms with van der Waals surface area (Å²) in [5.74, 6) is 0.926. The molecule has 1 atom stereocenters. The molecule has 106 valence electrons. The number of alkyl halides is 1. The number of ether oxygens (including phenoxy) is 1. The lowest BCUT2D eigenvalue weighted by Gasteiger charge is -2.29. The molecule has 0 fully saturated rings. The van der Waals surface area contributed by atoms with Gasteiger partial charge in [-0.2, -0.15) is 0 Å². The van der Waals surface area contributed by atoms with Crippen LogP contribution in [0.25, 0.3) is 0 Å². The van der Waals surface area contributed by atoms with Crippen molar-refractivity contribution >= 4 is 21.6 Å². The number of aryl methyl sites for hydroxylation is 1. The van der Waals surface area contributed by atoms with E-state index in [4.69, 9.17) is 4.74 Å². The van der Waals surface area contributed by atoms with Crippen molar-refractivity contribution in [1.29, 1.82) is 0 Å². The Morgan fingerprint density at radius 3 is 2.53 bits per heavy atom. The largest absolute Gasteiger partial charge is 0.493 e. The fraction of sp³-hybridized carbons (Fsp3) is 0.571. The minimum Gasteiger partial charge on any atom is -0.493 e. The first-order valence-electron chi connectivity index (χ1n) is 6.19. The molecule has 0 heterocycles. The zero-order valence-electron chi connectivity index (χ0n) is 11.8. The molecule has 0 saturated heterocycles. The Morgan fingerprint density at radius 1 is 1.42 bits per heavy atom. The highest BCUT2D eigenvalue weighted by Gasteiger charge is 2.24. The normalized spacial score (nSPS) is 13.1. The van der Waals surface area contributed by atoms with Crippen molar-refractivity contribution in [3.63, 3.8) is 0 Å². The van der Waals surface area contributed by atoms with Gasteiger partial charge in [0.05, 0.1) is 17.6 Å². The van der Waals surface area contributed by atoms with Crippen LogP contribution < -0.4 is 4.74 Å². The summed E-state index contributed by atoms with van der Waals surface area (Å²) in [6, 6.07) is 4.70. The first kappa shape index (κ1) is 16.0. The van der Waals surface area contributed by atoms with E-state index in [1.54, 1.807) is 6.07 Å². The van der Waals surface area contributed by atoms with Crippen LogP contribution in [0, 0.1) is 28.4 Å². The van der Waals surface area contributed by atoms with Gasteiger partial charge in [-0.15, -0.1) is 0 Å². The van der Waals surface area contributed by atoms with E-state index < -0.39 is 4.92 Å². The minimum absolute atomic E-state index is 0.0618. The molecule has 0 aliphatic heterocycles. The predicted octanol–water partition coefficient (Wildman–Crippen LogP) is 4.34. The standard InChI is InChI=1S/C14H20BrNO3/c1-10-5-6-12(16(17)18)7-13(10)19-9-11(8-15)14(2,3)4/h5-7,11H,8-9H2,1-4H3. The second-order valence-corrected chi connectivity index (χ2v) is 6.38. The summed E-state index contributed by atoms with van der Waals surface area (Å²) in [7, 11) is 0. The molecule has 1 aromatic rings. The van der Waals surface area contributed by atoms with Gasteiger partial charge in [-0.1, -0.05) is 36.7 Å². The molecule has 0 bridgehead atoms. The summed E-state index contributed by atoms with van der Waals surface area (Å²) in [5.41, 5.74) is 1.09. The van der Waals surface area contributed by atoms with Gasteiger partial charge in [0.2, 0.25) is 0 Å². The first-order chi connectivity index (χ1) is 8.75. The molecule has 0 N–H and O–H groups in total. The van der Waals surface area contributed by atoms with Gasteiger partial charge in [0.1, 0.15) is 5.75 Å². The predicted molar refractivity (Wildman–Crippen MR) is 80.1 cm³/mol. The summed E-state index contributed by atoms with van der Waals surface area (Å²) in [6.07, 6.45) is 0. The molecular weight excluding hydrogens is 310 g/mol. The number of rotatable bonds is 5. The molecule has 1 rings (SSSR count). The molecule has 0 saturated carbocycles. The van der Waals surface area contributed by atoms with Gasteiger partial charge >= 0.3 is 0 Å².